The molecule has 9 heteroatoms. The Kier molecular flexibility index (Phi) is 5.18. The van der Waals surface area contributed by atoms with Gasteiger partial charge in [0.25, 0.3) is 5.56 Å². The minimum Gasteiger partial charge on any atom is -0.293 e. The molecule has 2 heterocycles. The van der Waals surface area contributed by atoms with Crippen molar-refractivity contribution in [1.29, 1.82) is 5.26 Å². The van der Waals surface area contributed by atoms with Gasteiger partial charge in [0.05, 0.1) is 22.1 Å². The van der Waals surface area contributed by atoms with E-state index in [0.29, 0.717) is 33.1 Å². The second-order valence-electron chi connectivity index (χ2n) is 6.29. The van der Waals surface area contributed by atoms with Gasteiger partial charge >= 0.3 is 0 Å². The summed E-state index contributed by atoms with van der Waals surface area (Å²) in [6, 6.07) is 12.2. The third-order valence-corrected chi connectivity index (χ3v) is 6.71. The molecule has 1 unspecified atom stereocenters. The summed E-state index contributed by atoms with van der Waals surface area (Å²) in [6.07, 6.45) is 1.47. The minimum atomic E-state index is -2.71. The molecule has 0 aliphatic rings. The Morgan fingerprint density at radius 2 is 1.89 bits per heavy atom. The van der Waals surface area contributed by atoms with Crippen molar-refractivity contribution >= 4 is 9.92 Å². The van der Waals surface area contributed by atoms with Gasteiger partial charge in [-0.05, 0) is 36.8 Å². The van der Waals surface area contributed by atoms with Crippen LogP contribution in [0.2, 0.25) is 0 Å². The first-order chi connectivity index (χ1) is 13.3. The van der Waals surface area contributed by atoms with Crippen molar-refractivity contribution in [2.45, 2.75) is 11.8 Å². The predicted octanol–water partition coefficient (Wildman–Crippen LogP) is 2.34. The van der Waals surface area contributed by atoms with Crippen molar-refractivity contribution in [2.75, 3.05) is 21.1 Å². The average Bonchev–Trinajstić information content (AvgIpc) is 3.01. The van der Waals surface area contributed by atoms with Crippen LogP contribution in [0, 0.1) is 18.3 Å². The summed E-state index contributed by atoms with van der Waals surface area (Å²) in [7, 11) is 2.16. The van der Waals surface area contributed by atoms with Gasteiger partial charge in [-0.15, -0.1) is 0 Å². The van der Waals surface area contributed by atoms with Crippen LogP contribution >= 0.6 is 0 Å². The fourth-order valence-electron chi connectivity index (χ4n) is 2.90. The first-order valence-corrected chi connectivity index (χ1v) is 9.90. The minimum absolute atomic E-state index is 0.254. The topological polar surface area (TPSA) is 107 Å². The van der Waals surface area contributed by atoms with Crippen molar-refractivity contribution in [1.82, 2.24) is 19.1 Å². The SMILES string of the molecule is CN=S(=O)(c1ccc(-n2[nH]c(C)c(-c3ccc(C#N)cc3)c2=O)nc1)N(C)C. The zero-order chi connectivity index (χ0) is 20.5. The normalized spacial score (nSPS) is 13.1. The second-order valence-corrected chi connectivity index (χ2v) is 8.85. The van der Waals surface area contributed by atoms with Crippen LogP contribution in [-0.4, -0.2) is 44.4 Å². The standard InChI is InChI=1S/C19H20N6O2S/c1-13-18(15-7-5-14(11-20)6-8-15)19(26)25(23-13)17-10-9-16(12-22-17)28(27,21-2)24(3)4/h5-10,12,23H,1-4H3. The molecular formula is C19H20N6O2S. The van der Waals surface area contributed by atoms with Crippen LogP contribution in [0.25, 0.3) is 16.9 Å². The molecule has 1 atom stereocenters. The first kappa shape index (κ1) is 19.5. The second kappa shape index (κ2) is 7.42. The number of H-pyrrole nitrogens is 1. The number of pyridine rings is 1. The lowest BCUT2D eigenvalue weighted by Gasteiger charge is -2.16. The first-order valence-electron chi connectivity index (χ1n) is 8.43. The lowest BCUT2D eigenvalue weighted by Crippen LogP contribution is -2.22. The van der Waals surface area contributed by atoms with E-state index in [4.69, 9.17) is 5.26 Å². The fourth-order valence-corrected chi connectivity index (χ4v) is 4.30. The molecule has 0 aliphatic heterocycles. The van der Waals surface area contributed by atoms with Gasteiger partial charge in [-0.25, -0.2) is 22.5 Å². The third kappa shape index (κ3) is 3.24. The lowest BCUT2D eigenvalue weighted by molar-refractivity contribution is 0.590. The molecule has 0 spiro atoms. The number of benzene rings is 1. The molecule has 0 radical (unpaired) electrons. The number of nitrogens with one attached hydrogen (secondary N) is 1. The molecule has 0 amide bonds. The van der Waals surface area contributed by atoms with E-state index in [2.05, 4.69) is 20.5 Å². The van der Waals surface area contributed by atoms with Crippen LogP contribution < -0.4 is 5.56 Å². The molecule has 0 saturated carbocycles. The van der Waals surface area contributed by atoms with Gasteiger partial charge < -0.3 is 0 Å². The number of hydrogen-bond acceptors (Lipinski definition) is 5. The molecule has 1 aromatic carbocycles. The highest BCUT2D eigenvalue weighted by Gasteiger charge is 2.18. The van der Waals surface area contributed by atoms with E-state index >= 15 is 0 Å². The summed E-state index contributed by atoms with van der Waals surface area (Å²) in [5.74, 6) is 0.383. The zero-order valence-corrected chi connectivity index (χ0v) is 16.8. The fraction of sp³-hybridized carbons (Fsp3) is 0.211. The van der Waals surface area contributed by atoms with Crippen molar-refractivity contribution in [3.63, 3.8) is 0 Å². The van der Waals surface area contributed by atoms with E-state index in [0.717, 1.165) is 0 Å². The van der Waals surface area contributed by atoms with Gasteiger partial charge in [-0.2, -0.15) is 5.26 Å². The van der Waals surface area contributed by atoms with E-state index in [1.165, 1.54) is 22.2 Å². The van der Waals surface area contributed by atoms with E-state index in [-0.39, 0.29) is 5.56 Å². The number of rotatable bonds is 4. The smallest absolute Gasteiger partial charge is 0.280 e. The molecule has 2 aromatic heterocycles. The maximum absolute atomic E-state index is 12.9. The molecule has 28 heavy (non-hydrogen) atoms. The van der Waals surface area contributed by atoms with Crippen LogP contribution in [0.3, 0.4) is 0 Å². The maximum Gasteiger partial charge on any atom is 0.280 e. The van der Waals surface area contributed by atoms with Crippen LogP contribution in [-0.2, 0) is 9.92 Å². The Morgan fingerprint density at radius 3 is 2.39 bits per heavy atom. The zero-order valence-electron chi connectivity index (χ0n) is 16.0. The number of aromatic nitrogens is 3. The van der Waals surface area contributed by atoms with E-state index in [9.17, 15) is 9.00 Å². The summed E-state index contributed by atoms with van der Waals surface area (Å²) in [5.41, 5.74) is 2.18. The Morgan fingerprint density at radius 1 is 1.21 bits per heavy atom. The quantitative estimate of drug-likeness (QED) is 0.730. The Hall–Kier alpha value is -3.22. The highest BCUT2D eigenvalue weighted by Crippen LogP contribution is 2.21. The van der Waals surface area contributed by atoms with Crippen LogP contribution in [0.5, 0.6) is 0 Å². The number of hydrogen-bond donors (Lipinski definition) is 1. The molecule has 0 fully saturated rings. The predicted molar refractivity (Wildman–Crippen MR) is 108 cm³/mol. The summed E-state index contributed by atoms with van der Waals surface area (Å²) in [4.78, 5) is 17.7. The third-order valence-electron chi connectivity index (χ3n) is 4.37. The summed E-state index contributed by atoms with van der Waals surface area (Å²) < 4.78 is 19.8. The van der Waals surface area contributed by atoms with Crippen LogP contribution in [0.1, 0.15) is 11.3 Å². The van der Waals surface area contributed by atoms with Gasteiger partial charge in [0.2, 0.25) is 0 Å². The highest BCUT2D eigenvalue weighted by atomic mass is 32.2. The van der Waals surface area contributed by atoms with E-state index in [1.54, 1.807) is 57.4 Å². The Balaban J connectivity index is 2.05. The van der Waals surface area contributed by atoms with Gasteiger partial charge in [-0.3, -0.25) is 9.89 Å². The van der Waals surface area contributed by atoms with Crippen molar-refractivity contribution in [2.24, 2.45) is 4.36 Å². The molecule has 0 bridgehead atoms. The average molecular weight is 396 g/mol. The van der Waals surface area contributed by atoms with Crippen LogP contribution in [0.4, 0.5) is 0 Å². The van der Waals surface area contributed by atoms with Gasteiger partial charge in [-0.1, -0.05) is 12.1 Å². The molecule has 3 rings (SSSR count). The van der Waals surface area contributed by atoms with Gasteiger partial charge in [0.1, 0.15) is 9.92 Å². The molecule has 8 nitrogen and oxygen atoms in total. The number of aryl methyl sites for hydroxylation is 1. The highest BCUT2D eigenvalue weighted by molar-refractivity contribution is 7.91. The van der Waals surface area contributed by atoms with Gasteiger partial charge in [0, 0.05) is 33.0 Å². The Labute approximate surface area is 163 Å². The van der Waals surface area contributed by atoms with Crippen LogP contribution in [0.15, 0.2) is 56.6 Å². The largest absolute Gasteiger partial charge is 0.293 e. The van der Waals surface area contributed by atoms with Gasteiger partial charge in [0.15, 0.2) is 5.82 Å². The van der Waals surface area contributed by atoms with Crippen molar-refractivity contribution in [3.05, 3.63) is 64.2 Å². The summed E-state index contributed by atoms with van der Waals surface area (Å²) in [5, 5.41) is 12.0. The maximum atomic E-state index is 12.9. The Bertz CT molecular complexity index is 1220. The molecule has 0 aliphatic carbocycles. The number of aromatic amines is 1. The molecular weight excluding hydrogens is 376 g/mol. The number of nitrogens with zero attached hydrogens (tertiary/aromatic N) is 5. The molecule has 1 N–H and O–H groups in total. The monoisotopic (exact) mass is 396 g/mol. The molecule has 144 valence electrons. The summed E-state index contributed by atoms with van der Waals surface area (Å²) >= 11 is 0. The number of nitriles is 1. The molecule has 0 saturated heterocycles. The molecule has 3 aromatic rings. The van der Waals surface area contributed by atoms with Crippen molar-refractivity contribution < 1.29 is 4.21 Å². The lowest BCUT2D eigenvalue weighted by atomic mass is 10.1. The summed E-state index contributed by atoms with van der Waals surface area (Å²) in [6.45, 7) is 1.80. The van der Waals surface area contributed by atoms with E-state index < -0.39 is 9.92 Å². The van der Waals surface area contributed by atoms with E-state index in [1.807, 2.05) is 0 Å². The van der Waals surface area contributed by atoms with Crippen molar-refractivity contribution in [3.8, 4) is 23.0 Å².